The van der Waals surface area contributed by atoms with Crippen LogP contribution in [0.5, 0.6) is 0 Å². The first-order valence-electron chi connectivity index (χ1n) is 8.50. The third-order valence-corrected chi connectivity index (χ3v) is 4.35. The largest absolute Gasteiger partial charge is 0.619 e. The van der Waals surface area contributed by atoms with Crippen molar-refractivity contribution in [2.45, 2.75) is 0 Å². The lowest BCUT2D eigenvalue weighted by Gasteiger charge is -2.10. The number of aromatic nitrogens is 2. The van der Waals surface area contributed by atoms with Crippen LogP contribution in [0.3, 0.4) is 0 Å². The Balaban J connectivity index is 1.77. The maximum atomic E-state index is 12.5. The van der Waals surface area contributed by atoms with Gasteiger partial charge in [0.15, 0.2) is 5.82 Å². The Morgan fingerprint density at radius 1 is 1.07 bits per heavy atom. The number of hydrogen-bond donors (Lipinski definition) is 2. The van der Waals surface area contributed by atoms with Crippen LogP contribution >= 0.6 is 0 Å². The molecule has 4 rings (SSSR count). The first kappa shape index (κ1) is 17.3. The second-order valence-electron chi connectivity index (χ2n) is 6.16. The molecule has 0 spiro atoms. The third-order valence-electron chi connectivity index (χ3n) is 4.35. The van der Waals surface area contributed by atoms with Crippen molar-refractivity contribution in [2.24, 2.45) is 0 Å². The molecule has 0 radical (unpaired) electrons. The van der Waals surface area contributed by atoms with Crippen LogP contribution in [0.4, 0.5) is 11.4 Å². The van der Waals surface area contributed by atoms with Gasteiger partial charge >= 0.3 is 0 Å². The number of imidazole rings is 1. The Morgan fingerprint density at radius 3 is 2.54 bits per heavy atom. The Labute approximate surface area is 160 Å². The van der Waals surface area contributed by atoms with Crippen molar-refractivity contribution < 1.29 is 14.7 Å². The maximum absolute atomic E-state index is 12.5. The third kappa shape index (κ3) is 3.05. The molecule has 28 heavy (non-hydrogen) atoms. The van der Waals surface area contributed by atoms with E-state index in [0.29, 0.717) is 38.3 Å². The van der Waals surface area contributed by atoms with E-state index >= 15 is 0 Å². The predicted octanol–water partition coefficient (Wildman–Crippen LogP) is 4.04. The molecular weight excluding hydrogens is 356 g/mol. The molecule has 2 N–H and O–H groups in total. The number of amides is 1. The van der Waals surface area contributed by atoms with Gasteiger partial charge < -0.3 is 15.7 Å². The van der Waals surface area contributed by atoms with Crippen LogP contribution in [0.25, 0.3) is 22.4 Å². The van der Waals surface area contributed by atoms with E-state index in [2.05, 4.69) is 17.0 Å². The summed E-state index contributed by atoms with van der Waals surface area (Å²) in [4.78, 5) is 17.0. The van der Waals surface area contributed by atoms with Gasteiger partial charge in [-0.25, -0.2) is 4.98 Å². The SMILES string of the molecule is C=[N+]([O-])c1ccc2nc(-c3ccccc3NC(=O)c3ccccc3)n(O)c2c1. The molecule has 4 aromatic rings. The van der Waals surface area contributed by atoms with E-state index in [-0.39, 0.29) is 11.7 Å². The summed E-state index contributed by atoms with van der Waals surface area (Å²) in [5.74, 6) is -0.0207. The minimum Gasteiger partial charge on any atom is -0.619 e. The van der Waals surface area contributed by atoms with Crippen LogP contribution in [0, 0.1) is 5.21 Å². The van der Waals surface area contributed by atoms with Gasteiger partial charge in [-0.05, 0) is 30.3 Å². The van der Waals surface area contributed by atoms with E-state index in [4.69, 9.17) is 0 Å². The lowest BCUT2D eigenvalue weighted by molar-refractivity contribution is -0.349. The Kier molecular flexibility index (Phi) is 4.25. The van der Waals surface area contributed by atoms with Gasteiger partial charge in [0.25, 0.3) is 5.91 Å². The van der Waals surface area contributed by atoms with Crippen LogP contribution in [0.1, 0.15) is 10.4 Å². The molecule has 0 aliphatic carbocycles. The Morgan fingerprint density at radius 2 is 1.79 bits per heavy atom. The monoisotopic (exact) mass is 372 g/mol. The van der Waals surface area contributed by atoms with Crippen molar-refractivity contribution in [1.29, 1.82) is 0 Å². The van der Waals surface area contributed by atoms with Crippen molar-refractivity contribution in [3.05, 3.63) is 83.6 Å². The van der Waals surface area contributed by atoms with E-state index in [1.165, 1.54) is 6.07 Å². The van der Waals surface area contributed by atoms with Crippen LogP contribution < -0.4 is 5.32 Å². The molecule has 1 aromatic heterocycles. The zero-order valence-corrected chi connectivity index (χ0v) is 14.7. The van der Waals surface area contributed by atoms with Crippen molar-refractivity contribution in [3.63, 3.8) is 0 Å². The topological polar surface area (TPSA) is 93.2 Å². The number of hydrogen-bond acceptors (Lipinski definition) is 4. The second-order valence-corrected chi connectivity index (χ2v) is 6.16. The van der Waals surface area contributed by atoms with E-state index in [1.54, 1.807) is 60.7 Å². The summed E-state index contributed by atoms with van der Waals surface area (Å²) < 4.78 is 1.36. The van der Waals surface area contributed by atoms with E-state index < -0.39 is 0 Å². The number of rotatable bonds is 4. The Hall–Kier alpha value is -4.13. The maximum Gasteiger partial charge on any atom is 0.255 e. The smallest absolute Gasteiger partial charge is 0.255 e. The average molecular weight is 372 g/mol. The van der Waals surface area contributed by atoms with Gasteiger partial charge in [0.05, 0.1) is 11.2 Å². The number of anilines is 1. The van der Waals surface area contributed by atoms with Crippen molar-refractivity contribution in [2.75, 3.05) is 5.32 Å². The number of nitrogens with zero attached hydrogens (tertiary/aromatic N) is 3. The zero-order valence-electron chi connectivity index (χ0n) is 14.7. The summed E-state index contributed by atoms with van der Waals surface area (Å²) in [6, 6.07) is 20.6. The minimum atomic E-state index is -0.269. The van der Waals surface area contributed by atoms with Gasteiger partial charge in [-0.1, -0.05) is 30.3 Å². The minimum absolute atomic E-state index is 0.248. The molecule has 0 saturated carbocycles. The van der Waals surface area contributed by atoms with Crippen LogP contribution in [-0.2, 0) is 0 Å². The van der Waals surface area contributed by atoms with Crippen molar-refractivity contribution in [3.8, 4) is 11.4 Å². The van der Waals surface area contributed by atoms with Gasteiger partial charge in [-0.3, -0.25) is 4.79 Å². The van der Waals surface area contributed by atoms with Crippen LogP contribution in [0.2, 0.25) is 0 Å². The summed E-state index contributed by atoms with van der Waals surface area (Å²) >= 11 is 0. The number of benzene rings is 3. The number of carbonyl (C=O) groups excluding carboxylic acids is 1. The zero-order chi connectivity index (χ0) is 19.7. The number of para-hydroxylation sites is 1. The Bertz CT molecular complexity index is 1200. The molecule has 0 saturated heterocycles. The first-order chi connectivity index (χ1) is 13.5. The van der Waals surface area contributed by atoms with Crippen LogP contribution in [0.15, 0.2) is 72.8 Å². The number of fused-ring (bicyclic) bond motifs is 1. The number of nitrogens with one attached hydrogen (secondary N) is 1. The summed E-state index contributed by atoms with van der Waals surface area (Å²) in [6.07, 6.45) is 0. The second kappa shape index (κ2) is 6.88. The molecule has 0 unspecified atom stereocenters. The highest BCUT2D eigenvalue weighted by atomic mass is 16.5. The predicted molar refractivity (Wildman–Crippen MR) is 107 cm³/mol. The fourth-order valence-corrected chi connectivity index (χ4v) is 2.95. The molecule has 138 valence electrons. The molecule has 0 aliphatic rings. The van der Waals surface area contributed by atoms with Gasteiger partial charge in [0.1, 0.15) is 12.2 Å². The highest BCUT2D eigenvalue weighted by molar-refractivity contribution is 6.06. The molecular formula is C21H16N4O3. The van der Waals surface area contributed by atoms with Crippen molar-refractivity contribution >= 4 is 35.0 Å². The molecule has 0 aliphatic heterocycles. The molecule has 1 heterocycles. The quantitative estimate of drug-likeness (QED) is 0.186. The summed E-state index contributed by atoms with van der Waals surface area (Å²) in [5, 5.41) is 24.9. The lowest BCUT2D eigenvalue weighted by atomic mass is 10.1. The average Bonchev–Trinajstić information content (AvgIpc) is 3.05. The van der Waals surface area contributed by atoms with Gasteiger partial charge in [0, 0.05) is 23.3 Å². The molecule has 0 bridgehead atoms. The molecule has 0 atom stereocenters. The van der Waals surface area contributed by atoms with E-state index in [1.807, 2.05) is 6.07 Å². The van der Waals surface area contributed by atoms with Crippen LogP contribution in [-0.4, -0.2) is 32.3 Å². The summed E-state index contributed by atoms with van der Waals surface area (Å²) in [5.41, 5.74) is 2.73. The fourth-order valence-electron chi connectivity index (χ4n) is 2.95. The molecule has 1 amide bonds. The molecule has 0 fully saturated rings. The highest BCUT2D eigenvalue weighted by Gasteiger charge is 2.18. The number of carbonyl (C=O) groups is 1. The molecule has 7 heteroatoms. The fraction of sp³-hybridized carbons (Fsp3) is 0. The standard InChI is InChI=1S/C21H16N4O3/c1-24(27)15-11-12-18-19(13-15)25(28)20(22-18)16-9-5-6-10-17(16)23-21(26)14-7-3-2-4-8-14/h2-13,28H,1H2,(H,23,26). The van der Waals surface area contributed by atoms with E-state index in [0.717, 1.165) is 4.73 Å². The normalized spacial score (nSPS) is 10.7. The summed E-state index contributed by atoms with van der Waals surface area (Å²) in [6.45, 7) is 3.30. The molecule has 3 aromatic carbocycles. The lowest BCUT2D eigenvalue weighted by Crippen LogP contribution is -2.12. The van der Waals surface area contributed by atoms with Crippen molar-refractivity contribution in [1.82, 2.24) is 9.71 Å². The van der Waals surface area contributed by atoms with Gasteiger partial charge in [0.2, 0.25) is 5.69 Å². The highest BCUT2D eigenvalue weighted by Crippen LogP contribution is 2.31. The van der Waals surface area contributed by atoms with E-state index in [9.17, 15) is 15.2 Å². The first-order valence-corrected chi connectivity index (χ1v) is 8.50. The summed E-state index contributed by atoms with van der Waals surface area (Å²) in [7, 11) is 0. The van der Waals surface area contributed by atoms with Gasteiger partial charge in [-0.15, -0.1) is 0 Å². The van der Waals surface area contributed by atoms with Gasteiger partial charge in [-0.2, -0.15) is 9.47 Å². The molecule has 7 nitrogen and oxygen atoms in total.